The van der Waals surface area contributed by atoms with E-state index >= 15 is 0 Å². The number of carboxylic acids is 1. The van der Waals surface area contributed by atoms with Crippen molar-refractivity contribution in [1.82, 2.24) is 41.9 Å². The van der Waals surface area contributed by atoms with Crippen molar-refractivity contribution in [3.05, 3.63) is 96.1 Å². The largest absolute Gasteiger partial charge is 0.490 e. The number of carbonyl (C=O) groups is 6. The molecule has 20 heteroatoms. The first-order valence-electron chi connectivity index (χ1n) is 21.8. The summed E-state index contributed by atoms with van der Waals surface area (Å²) in [5.41, 5.74) is 21.9. The van der Waals surface area contributed by atoms with Crippen molar-refractivity contribution >= 4 is 57.1 Å². The Bertz CT molecular complexity index is 2260. The van der Waals surface area contributed by atoms with Crippen LogP contribution in [0.1, 0.15) is 63.5 Å². The van der Waals surface area contributed by atoms with Crippen molar-refractivity contribution in [2.24, 2.45) is 17.4 Å². The Morgan fingerprint density at radius 2 is 1.08 bits per heavy atom. The highest BCUT2D eigenvalue weighted by Gasteiger charge is 2.38. The third kappa shape index (κ3) is 18.0. The van der Waals surface area contributed by atoms with Crippen molar-refractivity contribution in [2.45, 2.75) is 83.7 Å². The number of rotatable bonds is 14. The normalized spacial score (nSPS) is 18.0. The predicted octanol–water partition coefficient (Wildman–Crippen LogP) is 3.22. The Hall–Kier alpha value is -6.19. The molecule has 358 valence electrons. The van der Waals surface area contributed by atoms with Gasteiger partial charge in [-0.2, -0.15) is 13.2 Å². The molecular formula is C46H61F3N10O7. The van der Waals surface area contributed by atoms with Gasteiger partial charge in [-0.1, -0.05) is 86.6 Å². The zero-order valence-electron chi connectivity index (χ0n) is 37.2. The number of halogens is 3. The topological polar surface area (TPSA) is 245 Å². The third-order valence-electron chi connectivity index (χ3n) is 10.3. The van der Waals surface area contributed by atoms with E-state index in [4.69, 9.17) is 21.4 Å². The second kappa shape index (κ2) is 26.1. The number of aliphatic carboxylic acids is 1. The average Bonchev–Trinajstić information content (AvgIpc) is 3.25. The quantitative estimate of drug-likeness (QED) is 0.0851. The maximum atomic E-state index is 14.1. The lowest BCUT2D eigenvalue weighted by molar-refractivity contribution is -0.192. The molecule has 17 nitrogen and oxygen atoms in total. The third-order valence-corrected chi connectivity index (χ3v) is 10.3. The molecule has 0 spiro atoms. The van der Waals surface area contributed by atoms with Gasteiger partial charge in [-0.25, -0.2) is 19.8 Å². The van der Waals surface area contributed by atoms with Crippen LogP contribution in [0.5, 0.6) is 0 Å². The van der Waals surface area contributed by atoms with Crippen LogP contribution in [0.2, 0.25) is 0 Å². The van der Waals surface area contributed by atoms with E-state index in [2.05, 4.69) is 26.9 Å². The lowest BCUT2D eigenvalue weighted by Gasteiger charge is -2.30. The van der Waals surface area contributed by atoms with Crippen molar-refractivity contribution in [3.8, 4) is 0 Å². The Balaban J connectivity index is 0.00000126. The average molecular weight is 923 g/mol. The van der Waals surface area contributed by atoms with E-state index in [9.17, 15) is 37.1 Å². The van der Waals surface area contributed by atoms with Crippen LogP contribution in [0.3, 0.4) is 0 Å². The molecule has 1 aliphatic heterocycles. The Morgan fingerprint density at radius 3 is 1.56 bits per heavy atom. The second-order valence-corrected chi connectivity index (χ2v) is 16.4. The molecular weight excluding hydrogens is 862 g/mol. The highest BCUT2D eigenvalue weighted by molar-refractivity contribution is 5.90. The number of nitrogens with zero attached hydrogens (tertiary/aromatic N) is 3. The predicted molar refractivity (Wildman–Crippen MR) is 243 cm³/mol. The summed E-state index contributed by atoms with van der Waals surface area (Å²) < 4.78 is 31.7. The fraction of sp³-hybridized carbons (Fsp3) is 0.435. The number of carboxylic acid groups (broad SMARTS) is 1. The smallest absolute Gasteiger partial charge is 0.475 e. The van der Waals surface area contributed by atoms with Gasteiger partial charge in [-0.05, 0) is 102 Å². The number of alkyl halides is 3. The maximum absolute atomic E-state index is 14.1. The molecule has 0 saturated carbocycles. The monoisotopic (exact) mass is 922 g/mol. The minimum absolute atomic E-state index is 0.0227. The number of hydrazine groups is 3. The molecule has 1 saturated heterocycles. The van der Waals surface area contributed by atoms with E-state index in [1.807, 2.05) is 98.8 Å². The van der Waals surface area contributed by atoms with Gasteiger partial charge in [0.25, 0.3) is 11.8 Å². The molecule has 1 heterocycles. The Morgan fingerprint density at radius 1 is 0.636 bits per heavy atom. The number of hydrogen-bond acceptors (Lipinski definition) is 11. The minimum atomic E-state index is -5.08. The van der Waals surface area contributed by atoms with E-state index in [0.717, 1.165) is 32.7 Å². The summed E-state index contributed by atoms with van der Waals surface area (Å²) >= 11 is 0. The fourth-order valence-corrected chi connectivity index (χ4v) is 7.15. The highest BCUT2D eigenvalue weighted by atomic mass is 19.4. The standard InChI is InChI=1S/C44H60N10O5.C2HF3O2/c1-31(2)23-39-44(59)51-54(27-33-17-19-35-12-4-6-14-37(35)25-33)30-42(57)49-52(22-10-9-21-46)28-40(55)47-38(15-7-8-20-45)43(58)50-53(29-41(56)48-39)26-32-16-18-34-11-3-5-13-36(34)24-32;3-2(4,5)1(6)7/h3-6,11-14,16-19,24-25,31,38-39H,7-10,15,20-23,26-30,45-46H2,1-2H3,(H,47,55)(H,48,56)(H,49,57)(H,50,58)(H,51,59);(H,6,7)/t38-,39-;/m0./s1. The summed E-state index contributed by atoms with van der Waals surface area (Å²) in [6, 6.07) is 25.7. The van der Waals surface area contributed by atoms with E-state index in [1.54, 1.807) is 0 Å². The molecule has 5 rings (SSSR count). The van der Waals surface area contributed by atoms with Crippen LogP contribution in [0.15, 0.2) is 84.9 Å². The van der Waals surface area contributed by atoms with E-state index in [-0.39, 0.29) is 38.6 Å². The first-order valence-corrected chi connectivity index (χ1v) is 21.8. The van der Waals surface area contributed by atoms with Crippen LogP contribution in [0, 0.1) is 5.92 Å². The summed E-state index contributed by atoms with van der Waals surface area (Å²) in [6.07, 6.45) is -2.00. The Labute approximate surface area is 381 Å². The molecule has 10 N–H and O–H groups in total. The molecule has 4 aromatic rings. The van der Waals surface area contributed by atoms with Crippen LogP contribution >= 0.6 is 0 Å². The molecule has 5 amide bonds. The summed E-state index contributed by atoms with van der Waals surface area (Å²) in [5.74, 6) is -5.19. The number of amides is 5. The molecule has 1 aliphatic rings. The molecule has 0 radical (unpaired) electrons. The zero-order chi connectivity index (χ0) is 48.2. The number of carbonyl (C=O) groups excluding carboxylic acids is 5. The van der Waals surface area contributed by atoms with Crippen molar-refractivity contribution in [2.75, 3.05) is 39.3 Å². The zero-order valence-corrected chi connectivity index (χ0v) is 37.2. The number of hydrogen-bond donors (Lipinski definition) is 8. The van der Waals surface area contributed by atoms with Crippen LogP contribution < -0.4 is 38.4 Å². The van der Waals surface area contributed by atoms with Crippen LogP contribution in [-0.4, -0.2) is 113 Å². The van der Waals surface area contributed by atoms with Crippen molar-refractivity contribution in [1.29, 1.82) is 0 Å². The number of fused-ring (bicyclic) bond motifs is 2. The summed E-state index contributed by atoms with van der Waals surface area (Å²) in [7, 11) is 0. The van der Waals surface area contributed by atoms with Crippen LogP contribution in [-0.2, 0) is 41.9 Å². The van der Waals surface area contributed by atoms with E-state index < -0.39 is 53.8 Å². The Kier molecular flexibility index (Phi) is 20.7. The van der Waals surface area contributed by atoms with Crippen LogP contribution in [0.25, 0.3) is 21.5 Å². The molecule has 4 aromatic carbocycles. The first kappa shape index (κ1) is 52.4. The lowest BCUT2D eigenvalue weighted by Crippen LogP contribution is -2.59. The SMILES string of the molecule is CC(C)C[C@@H]1NC(=O)CN(Cc2ccc3ccccc3c2)NC(=O)[C@H](CCCCN)NC(=O)CN(CCCCN)NC(=O)CN(Cc2ccc3ccccc3c2)NC1=O.O=C(O)C(F)(F)F. The number of benzene rings is 4. The van der Waals surface area contributed by atoms with Gasteiger partial charge in [0.1, 0.15) is 12.1 Å². The van der Waals surface area contributed by atoms with Gasteiger partial charge in [-0.15, -0.1) is 0 Å². The minimum Gasteiger partial charge on any atom is -0.475 e. The molecule has 2 atom stereocenters. The van der Waals surface area contributed by atoms with Crippen molar-refractivity contribution < 1.29 is 47.0 Å². The van der Waals surface area contributed by atoms with Gasteiger partial charge in [0, 0.05) is 19.6 Å². The highest BCUT2D eigenvalue weighted by Crippen LogP contribution is 2.19. The first-order chi connectivity index (χ1) is 31.4. The fourth-order valence-electron chi connectivity index (χ4n) is 7.15. The number of nitrogens with two attached hydrogens (primary N) is 2. The van der Waals surface area contributed by atoms with Gasteiger partial charge in [0.15, 0.2) is 0 Å². The molecule has 0 unspecified atom stereocenters. The molecule has 0 aliphatic carbocycles. The van der Waals surface area contributed by atoms with Crippen molar-refractivity contribution in [3.63, 3.8) is 0 Å². The van der Waals surface area contributed by atoms with Gasteiger partial charge >= 0.3 is 12.1 Å². The summed E-state index contributed by atoms with van der Waals surface area (Å²) in [6.45, 7) is 4.62. The second-order valence-electron chi connectivity index (χ2n) is 16.4. The molecule has 0 bridgehead atoms. The van der Waals surface area contributed by atoms with Crippen LogP contribution in [0.4, 0.5) is 13.2 Å². The van der Waals surface area contributed by atoms with E-state index in [1.165, 1.54) is 15.0 Å². The lowest BCUT2D eigenvalue weighted by atomic mass is 10.0. The van der Waals surface area contributed by atoms with Gasteiger partial charge < -0.3 is 27.2 Å². The molecule has 1 fully saturated rings. The van der Waals surface area contributed by atoms with Gasteiger partial charge in [0.2, 0.25) is 17.7 Å². The maximum Gasteiger partial charge on any atom is 0.490 e. The summed E-state index contributed by atoms with van der Waals surface area (Å²) in [5, 5.41) is 21.5. The molecule has 0 aromatic heterocycles. The molecule has 66 heavy (non-hydrogen) atoms. The van der Waals surface area contributed by atoms with Gasteiger partial charge in [-0.3, -0.25) is 40.3 Å². The number of nitrogens with one attached hydrogen (secondary N) is 5. The van der Waals surface area contributed by atoms with E-state index in [0.29, 0.717) is 58.2 Å². The number of unbranched alkanes of at least 4 members (excludes halogenated alkanes) is 2. The van der Waals surface area contributed by atoms with Gasteiger partial charge in [0.05, 0.1) is 19.6 Å². The summed E-state index contributed by atoms with van der Waals surface area (Å²) in [4.78, 5) is 78.4.